The number of halogens is 1. The fraction of sp³-hybridized carbons (Fsp3) is 0.360. The van der Waals surface area contributed by atoms with Gasteiger partial charge in [0.1, 0.15) is 17.3 Å². The third kappa shape index (κ3) is 4.60. The second-order valence-electron chi connectivity index (χ2n) is 7.78. The topological polar surface area (TPSA) is 76.1 Å². The summed E-state index contributed by atoms with van der Waals surface area (Å²) in [6, 6.07) is 11.3. The fourth-order valence-corrected chi connectivity index (χ4v) is 3.99. The Balaban J connectivity index is 2.22. The van der Waals surface area contributed by atoms with Crippen molar-refractivity contribution in [3.63, 3.8) is 0 Å². The number of hydrogen-bond acceptors (Lipinski definition) is 5. The standard InChI is InChI=1S/C25H28ClNO5/c1-5-13-27-22(17-9-7-8-10-19(17)32-15(3)4)21(24(29)25(27)30)23(28)16-11-12-18(26)20(14-16)31-6-2/h7-12,14-15,22,28H,5-6,13H2,1-4H3/b23-21-. The van der Waals surface area contributed by atoms with Gasteiger partial charge < -0.3 is 19.5 Å². The number of carbonyl (C=O) groups is 2. The van der Waals surface area contributed by atoms with Gasteiger partial charge in [0.05, 0.1) is 29.3 Å². The van der Waals surface area contributed by atoms with Crippen LogP contribution in [0, 0.1) is 0 Å². The molecule has 1 saturated heterocycles. The zero-order valence-corrected chi connectivity index (χ0v) is 19.5. The van der Waals surface area contributed by atoms with E-state index in [1.54, 1.807) is 24.3 Å². The number of para-hydroxylation sites is 1. The molecule has 32 heavy (non-hydrogen) atoms. The van der Waals surface area contributed by atoms with E-state index in [1.807, 2.05) is 45.9 Å². The largest absolute Gasteiger partial charge is 0.507 e. The Morgan fingerprint density at radius 3 is 2.50 bits per heavy atom. The summed E-state index contributed by atoms with van der Waals surface area (Å²) in [7, 11) is 0. The van der Waals surface area contributed by atoms with E-state index in [9.17, 15) is 14.7 Å². The lowest BCUT2D eigenvalue weighted by atomic mass is 9.94. The molecule has 0 bridgehead atoms. The lowest BCUT2D eigenvalue weighted by Crippen LogP contribution is -2.30. The second-order valence-corrected chi connectivity index (χ2v) is 8.18. The maximum Gasteiger partial charge on any atom is 0.295 e. The molecule has 0 aliphatic carbocycles. The van der Waals surface area contributed by atoms with Crippen molar-refractivity contribution in [1.29, 1.82) is 0 Å². The van der Waals surface area contributed by atoms with Crippen LogP contribution < -0.4 is 9.47 Å². The maximum atomic E-state index is 13.1. The summed E-state index contributed by atoms with van der Waals surface area (Å²) in [5.41, 5.74) is 1.02. The van der Waals surface area contributed by atoms with Gasteiger partial charge in [-0.15, -0.1) is 0 Å². The lowest BCUT2D eigenvalue weighted by molar-refractivity contribution is -0.139. The Hall–Kier alpha value is -2.99. The zero-order valence-electron chi connectivity index (χ0n) is 18.7. The number of amides is 1. The van der Waals surface area contributed by atoms with Crippen LogP contribution in [0.15, 0.2) is 48.0 Å². The molecule has 0 radical (unpaired) electrons. The highest BCUT2D eigenvalue weighted by atomic mass is 35.5. The first-order valence-corrected chi connectivity index (χ1v) is 11.1. The lowest BCUT2D eigenvalue weighted by Gasteiger charge is -2.27. The summed E-state index contributed by atoms with van der Waals surface area (Å²) < 4.78 is 11.5. The highest BCUT2D eigenvalue weighted by Crippen LogP contribution is 2.43. The highest BCUT2D eigenvalue weighted by Gasteiger charge is 2.46. The minimum Gasteiger partial charge on any atom is -0.507 e. The van der Waals surface area contributed by atoms with Crippen LogP contribution in [-0.4, -0.2) is 41.0 Å². The van der Waals surface area contributed by atoms with Crippen molar-refractivity contribution < 1.29 is 24.2 Å². The van der Waals surface area contributed by atoms with Gasteiger partial charge in [-0.3, -0.25) is 9.59 Å². The first-order chi connectivity index (χ1) is 15.3. The summed E-state index contributed by atoms with van der Waals surface area (Å²) in [4.78, 5) is 27.5. The smallest absolute Gasteiger partial charge is 0.295 e. The van der Waals surface area contributed by atoms with Gasteiger partial charge >= 0.3 is 0 Å². The molecule has 1 fully saturated rings. The second kappa shape index (κ2) is 10.1. The Bertz CT molecular complexity index is 1050. The molecule has 0 saturated carbocycles. The van der Waals surface area contributed by atoms with Crippen LogP contribution in [0.5, 0.6) is 11.5 Å². The molecule has 2 aromatic carbocycles. The predicted molar refractivity (Wildman–Crippen MR) is 124 cm³/mol. The Morgan fingerprint density at radius 1 is 1.12 bits per heavy atom. The molecule has 1 N–H and O–H groups in total. The number of carbonyl (C=O) groups excluding carboxylic acids is 2. The third-order valence-corrected chi connectivity index (χ3v) is 5.40. The predicted octanol–water partition coefficient (Wildman–Crippen LogP) is 5.36. The van der Waals surface area contributed by atoms with E-state index >= 15 is 0 Å². The van der Waals surface area contributed by atoms with Gasteiger partial charge in [0.2, 0.25) is 0 Å². The first-order valence-electron chi connectivity index (χ1n) is 10.8. The van der Waals surface area contributed by atoms with Crippen LogP contribution in [0.25, 0.3) is 5.76 Å². The number of benzene rings is 2. The van der Waals surface area contributed by atoms with Crippen LogP contribution in [-0.2, 0) is 9.59 Å². The van der Waals surface area contributed by atoms with Crippen molar-refractivity contribution in [2.45, 2.75) is 46.3 Å². The van der Waals surface area contributed by atoms with Crippen molar-refractivity contribution in [1.82, 2.24) is 4.90 Å². The van der Waals surface area contributed by atoms with E-state index in [4.69, 9.17) is 21.1 Å². The van der Waals surface area contributed by atoms with Crippen LogP contribution in [0.3, 0.4) is 0 Å². The van der Waals surface area contributed by atoms with E-state index < -0.39 is 17.7 Å². The molecular weight excluding hydrogens is 430 g/mol. The molecule has 1 atom stereocenters. The van der Waals surface area contributed by atoms with Crippen molar-refractivity contribution in [2.75, 3.05) is 13.2 Å². The number of likely N-dealkylation sites (tertiary alicyclic amines) is 1. The molecular formula is C25H28ClNO5. The van der Waals surface area contributed by atoms with E-state index in [0.717, 1.165) is 0 Å². The molecule has 1 unspecified atom stereocenters. The van der Waals surface area contributed by atoms with Gasteiger partial charge in [-0.2, -0.15) is 0 Å². The molecule has 7 heteroatoms. The molecule has 6 nitrogen and oxygen atoms in total. The number of Topliss-reactive ketones (excluding diaryl/α,β-unsaturated/α-hetero) is 1. The summed E-state index contributed by atoms with van der Waals surface area (Å²) >= 11 is 6.18. The Kier molecular flexibility index (Phi) is 7.46. The van der Waals surface area contributed by atoms with Crippen molar-refractivity contribution in [3.8, 4) is 11.5 Å². The fourth-order valence-electron chi connectivity index (χ4n) is 3.81. The monoisotopic (exact) mass is 457 g/mol. The van der Waals surface area contributed by atoms with Gasteiger partial charge in [-0.05, 0) is 51.5 Å². The first kappa shape index (κ1) is 23.7. The van der Waals surface area contributed by atoms with Gasteiger partial charge in [-0.1, -0.05) is 36.7 Å². The number of nitrogens with zero attached hydrogens (tertiary/aromatic N) is 1. The third-order valence-electron chi connectivity index (χ3n) is 5.09. The normalized spacial score (nSPS) is 17.8. The minimum atomic E-state index is -0.767. The molecule has 2 aromatic rings. The Morgan fingerprint density at radius 2 is 1.84 bits per heavy atom. The summed E-state index contributed by atoms with van der Waals surface area (Å²) in [6.45, 7) is 8.33. The molecule has 3 rings (SSSR count). The van der Waals surface area contributed by atoms with Crippen LogP contribution >= 0.6 is 11.6 Å². The van der Waals surface area contributed by atoms with E-state index in [2.05, 4.69) is 0 Å². The number of ketones is 1. The van der Waals surface area contributed by atoms with E-state index in [1.165, 1.54) is 4.90 Å². The maximum absolute atomic E-state index is 13.1. The molecule has 1 aliphatic heterocycles. The van der Waals surface area contributed by atoms with Gasteiger partial charge in [0.15, 0.2) is 0 Å². The molecule has 170 valence electrons. The molecule has 1 aliphatic rings. The van der Waals surface area contributed by atoms with Gasteiger partial charge in [0.25, 0.3) is 11.7 Å². The quantitative estimate of drug-likeness (QED) is 0.328. The van der Waals surface area contributed by atoms with Crippen molar-refractivity contribution >= 4 is 29.1 Å². The summed E-state index contributed by atoms with van der Waals surface area (Å²) in [6.07, 6.45) is 0.557. The molecule has 0 spiro atoms. The van der Waals surface area contributed by atoms with E-state index in [-0.39, 0.29) is 17.4 Å². The molecule has 0 aromatic heterocycles. The van der Waals surface area contributed by atoms with Crippen molar-refractivity contribution in [3.05, 3.63) is 64.2 Å². The van der Waals surface area contributed by atoms with Crippen LogP contribution in [0.2, 0.25) is 5.02 Å². The number of ether oxygens (including phenoxy) is 2. The van der Waals surface area contributed by atoms with E-state index in [0.29, 0.717) is 47.2 Å². The van der Waals surface area contributed by atoms with Gasteiger partial charge in [0, 0.05) is 17.7 Å². The zero-order chi connectivity index (χ0) is 23.4. The molecule has 1 amide bonds. The van der Waals surface area contributed by atoms with Crippen molar-refractivity contribution in [2.24, 2.45) is 0 Å². The minimum absolute atomic E-state index is 0.0213. The van der Waals surface area contributed by atoms with Crippen LogP contribution in [0.1, 0.15) is 51.3 Å². The molecule has 1 heterocycles. The number of rotatable bonds is 8. The van der Waals surface area contributed by atoms with Gasteiger partial charge in [-0.25, -0.2) is 0 Å². The van der Waals surface area contributed by atoms with Crippen LogP contribution in [0.4, 0.5) is 0 Å². The average Bonchev–Trinajstić information content (AvgIpc) is 3.00. The summed E-state index contributed by atoms with van der Waals surface area (Å²) in [5, 5.41) is 11.6. The highest BCUT2D eigenvalue weighted by molar-refractivity contribution is 6.46. The number of aliphatic hydroxyl groups excluding tert-OH is 1. The SMILES string of the molecule is CCCN1C(=O)C(=O)/C(=C(\O)c2ccc(Cl)c(OCC)c2)C1c1ccccc1OC(C)C. The Labute approximate surface area is 193 Å². The number of aliphatic hydroxyl groups is 1. The average molecular weight is 458 g/mol. The summed E-state index contributed by atoms with van der Waals surface area (Å²) in [5.74, 6) is -0.692. The number of hydrogen-bond donors (Lipinski definition) is 1.